The maximum atomic E-state index is 12.5. The number of unbranched alkanes of at least 4 members (excludes halogenated alkanes) is 3. The number of nitrogens with zero attached hydrogens (tertiary/aromatic N) is 2. The van der Waals surface area contributed by atoms with Crippen LogP contribution in [0.2, 0.25) is 0 Å². The van der Waals surface area contributed by atoms with E-state index in [0.717, 1.165) is 43.5 Å². The Morgan fingerprint density at radius 2 is 2.00 bits per heavy atom. The topological polar surface area (TPSA) is 46.9 Å². The third-order valence-electron chi connectivity index (χ3n) is 4.46. The van der Waals surface area contributed by atoms with Crippen LogP contribution >= 0.6 is 0 Å². The molecule has 1 aliphatic rings. The zero-order chi connectivity index (χ0) is 16.1. The van der Waals surface area contributed by atoms with Crippen LogP contribution in [-0.2, 0) is 12.8 Å². The van der Waals surface area contributed by atoms with Gasteiger partial charge < -0.3 is 5.32 Å². The van der Waals surface area contributed by atoms with E-state index in [1.54, 1.807) is 0 Å². The first kappa shape index (κ1) is 15.8. The summed E-state index contributed by atoms with van der Waals surface area (Å²) in [5, 5.41) is 7.66. The van der Waals surface area contributed by atoms with E-state index in [9.17, 15) is 4.79 Å². The van der Waals surface area contributed by atoms with Gasteiger partial charge in [0.2, 0.25) is 0 Å². The molecule has 4 heteroatoms. The highest BCUT2D eigenvalue weighted by Crippen LogP contribution is 2.27. The molecule has 3 rings (SSSR count). The van der Waals surface area contributed by atoms with Crippen molar-refractivity contribution < 1.29 is 4.79 Å². The van der Waals surface area contributed by atoms with E-state index in [1.807, 2.05) is 35.0 Å². The van der Waals surface area contributed by atoms with Crippen LogP contribution in [0.5, 0.6) is 0 Å². The molecule has 1 heterocycles. The number of carbonyl (C=O) groups excluding carboxylic acids is 1. The fraction of sp³-hybridized carbons (Fsp3) is 0.474. The number of para-hydroxylation sites is 1. The van der Waals surface area contributed by atoms with Crippen molar-refractivity contribution in [3.8, 4) is 5.69 Å². The van der Waals surface area contributed by atoms with Crippen molar-refractivity contribution in [2.24, 2.45) is 0 Å². The molecular formula is C19H25N3O. The van der Waals surface area contributed by atoms with Gasteiger partial charge in [0.15, 0.2) is 5.69 Å². The predicted molar refractivity (Wildman–Crippen MR) is 92.1 cm³/mol. The van der Waals surface area contributed by atoms with Gasteiger partial charge >= 0.3 is 0 Å². The van der Waals surface area contributed by atoms with Gasteiger partial charge in [-0.1, -0.05) is 44.4 Å². The minimum atomic E-state index is -0.0191. The fourth-order valence-corrected chi connectivity index (χ4v) is 3.24. The second-order valence-electron chi connectivity index (χ2n) is 6.19. The maximum absolute atomic E-state index is 12.5. The summed E-state index contributed by atoms with van der Waals surface area (Å²) >= 11 is 0. The van der Waals surface area contributed by atoms with Gasteiger partial charge in [0.05, 0.1) is 5.69 Å². The molecule has 1 N–H and O–H groups in total. The summed E-state index contributed by atoms with van der Waals surface area (Å²) in [4.78, 5) is 12.5. The van der Waals surface area contributed by atoms with Crippen LogP contribution in [0.4, 0.5) is 0 Å². The molecule has 0 aliphatic heterocycles. The van der Waals surface area contributed by atoms with Crippen molar-refractivity contribution in [2.45, 2.75) is 51.9 Å². The van der Waals surface area contributed by atoms with E-state index < -0.39 is 0 Å². The number of hydrogen-bond donors (Lipinski definition) is 1. The predicted octanol–water partition coefficient (Wildman–Crippen LogP) is 3.67. The van der Waals surface area contributed by atoms with E-state index in [-0.39, 0.29) is 5.91 Å². The quantitative estimate of drug-likeness (QED) is 0.793. The van der Waals surface area contributed by atoms with Crippen molar-refractivity contribution in [1.29, 1.82) is 0 Å². The number of fused-ring (bicyclic) bond motifs is 1. The van der Waals surface area contributed by atoms with Crippen molar-refractivity contribution >= 4 is 5.91 Å². The lowest BCUT2D eigenvalue weighted by molar-refractivity contribution is 0.0946. The van der Waals surface area contributed by atoms with Crippen LogP contribution in [0.1, 0.15) is 60.8 Å². The lowest BCUT2D eigenvalue weighted by Crippen LogP contribution is -2.26. The minimum absolute atomic E-state index is 0.0191. The minimum Gasteiger partial charge on any atom is -0.351 e. The first-order valence-electron chi connectivity index (χ1n) is 8.75. The lowest BCUT2D eigenvalue weighted by atomic mass is 10.2. The fourth-order valence-electron chi connectivity index (χ4n) is 3.24. The Balaban J connectivity index is 1.74. The molecule has 1 amide bonds. The summed E-state index contributed by atoms with van der Waals surface area (Å²) < 4.78 is 1.95. The van der Waals surface area contributed by atoms with Crippen LogP contribution in [0.25, 0.3) is 5.69 Å². The highest BCUT2D eigenvalue weighted by molar-refractivity contribution is 5.94. The van der Waals surface area contributed by atoms with Crippen LogP contribution in [0.15, 0.2) is 30.3 Å². The first-order chi connectivity index (χ1) is 11.3. The molecule has 0 saturated heterocycles. The van der Waals surface area contributed by atoms with E-state index in [0.29, 0.717) is 5.69 Å². The molecule has 1 aromatic heterocycles. The molecule has 0 radical (unpaired) electrons. The molecule has 0 fully saturated rings. The molecule has 4 nitrogen and oxygen atoms in total. The van der Waals surface area contributed by atoms with Crippen LogP contribution in [-0.4, -0.2) is 22.2 Å². The van der Waals surface area contributed by atoms with Crippen molar-refractivity contribution in [2.75, 3.05) is 6.54 Å². The number of amides is 1. The number of rotatable bonds is 7. The van der Waals surface area contributed by atoms with Gasteiger partial charge in [-0.15, -0.1) is 0 Å². The van der Waals surface area contributed by atoms with E-state index >= 15 is 0 Å². The third kappa shape index (κ3) is 3.46. The lowest BCUT2D eigenvalue weighted by Gasteiger charge is -2.05. The summed E-state index contributed by atoms with van der Waals surface area (Å²) in [5.41, 5.74) is 4.00. The van der Waals surface area contributed by atoms with Gasteiger partial charge in [-0.2, -0.15) is 5.10 Å². The highest BCUT2D eigenvalue weighted by Gasteiger charge is 2.26. The van der Waals surface area contributed by atoms with Crippen LogP contribution in [0, 0.1) is 0 Å². The number of hydrogen-bond acceptors (Lipinski definition) is 2. The Labute approximate surface area is 137 Å². The Kier molecular flexibility index (Phi) is 5.11. The molecule has 0 bridgehead atoms. The normalized spacial score (nSPS) is 13.1. The number of aromatic nitrogens is 2. The first-order valence-corrected chi connectivity index (χ1v) is 8.75. The monoisotopic (exact) mass is 311 g/mol. The van der Waals surface area contributed by atoms with Gasteiger partial charge in [0, 0.05) is 17.8 Å². The maximum Gasteiger partial charge on any atom is 0.272 e. The largest absolute Gasteiger partial charge is 0.351 e. The van der Waals surface area contributed by atoms with Crippen LogP contribution < -0.4 is 5.32 Å². The van der Waals surface area contributed by atoms with E-state index in [2.05, 4.69) is 17.3 Å². The molecule has 1 aromatic carbocycles. The summed E-state index contributed by atoms with van der Waals surface area (Å²) in [5.74, 6) is -0.0191. The third-order valence-corrected chi connectivity index (χ3v) is 4.46. The summed E-state index contributed by atoms with van der Waals surface area (Å²) in [6.07, 6.45) is 7.73. The van der Waals surface area contributed by atoms with Gasteiger partial charge in [0.1, 0.15) is 0 Å². The molecule has 0 spiro atoms. The standard InChI is InChI=1S/C19H25N3O/c1-2-3-4-8-14-20-19(23)18-16-12-9-13-17(16)22(21-18)15-10-6-5-7-11-15/h5-7,10-11H,2-4,8-9,12-14H2,1H3,(H,20,23). The molecular weight excluding hydrogens is 286 g/mol. The van der Waals surface area contributed by atoms with Gasteiger partial charge in [-0.25, -0.2) is 4.68 Å². The Bertz CT molecular complexity index is 661. The summed E-state index contributed by atoms with van der Waals surface area (Å²) in [7, 11) is 0. The van der Waals surface area contributed by atoms with Gasteiger partial charge in [-0.05, 0) is 37.8 Å². The second kappa shape index (κ2) is 7.44. The van der Waals surface area contributed by atoms with E-state index in [4.69, 9.17) is 0 Å². The zero-order valence-corrected chi connectivity index (χ0v) is 13.8. The second-order valence-corrected chi connectivity index (χ2v) is 6.19. The molecule has 0 saturated carbocycles. The Morgan fingerprint density at radius 1 is 1.17 bits per heavy atom. The molecule has 23 heavy (non-hydrogen) atoms. The number of carbonyl (C=O) groups is 1. The highest BCUT2D eigenvalue weighted by atomic mass is 16.1. The smallest absolute Gasteiger partial charge is 0.272 e. The number of benzene rings is 1. The summed E-state index contributed by atoms with van der Waals surface area (Å²) in [6, 6.07) is 10.1. The van der Waals surface area contributed by atoms with Gasteiger partial charge in [0.25, 0.3) is 5.91 Å². The van der Waals surface area contributed by atoms with Crippen molar-refractivity contribution in [3.05, 3.63) is 47.3 Å². The van der Waals surface area contributed by atoms with Crippen molar-refractivity contribution in [3.63, 3.8) is 0 Å². The Hall–Kier alpha value is -2.10. The molecule has 122 valence electrons. The van der Waals surface area contributed by atoms with E-state index in [1.165, 1.54) is 25.0 Å². The summed E-state index contributed by atoms with van der Waals surface area (Å²) in [6.45, 7) is 2.93. The average molecular weight is 311 g/mol. The molecule has 0 unspecified atom stereocenters. The molecule has 2 aromatic rings. The molecule has 0 atom stereocenters. The number of nitrogens with one attached hydrogen (secondary N) is 1. The van der Waals surface area contributed by atoms with Crippen LogP contribution in [0.3, 0.4) is 0 Å². The average Bonchev–Trinajstić information content (AvgIpc) is 3.17. The Morgan fingerprint density at radius 3 is 2.78 bits per heavy atom. The van der Waals surface area contributed by atoms with Crippen molar-refractivity contribution in [1.82, 2.24) is 15.1 Å². The van der Waals surface area contributed by atoms with Gasteiger partial charge in [-0.3, -0.25) is 4.79 Å². The zero-order valence-electron chi connectivity index (χ0n) is 13.8. The SMILES string of the molecule is CCCCCCNC(=O)c1nn(-c2ccccc2)c2c1CCC2. The molecule has 1 aliphatic carbocycles.